The number of benzene rings is 2. The van der Waals surface area contributed by atoms with Crippen LogP contribution in [0.2, 0.25) is 0 Å². The standard InChI is InChI=1S/C23H31N3O6S/c1-15(2)14-32-23(28)25-18-8-6-7-17(13-18)24-22(27)21(16(3)4)26-33(29,30)20-11-9-19(31-5)10-12-20/h6-13,15-16,21,26H,14H2,1-5H3,(H,24,27)(H,25,28)/t21-/m0/s1. The van der Waals surface area contributed by atoms with E-state index >= 15 is 0 Å². The number of rotatable bonds is 10. The van der Waals surface area contributed by atoms with Gasteiger partial charge < -0.3 is 14.8 Å². The number of carbonyl (C=O) groups is 2. The van der Waals surface area contributed by atoms with E-state index < -0.39 is 28.1 Å². The van der Waals surface area contributed by atoms with Gasteiger partial charge in [0.2, 0.25) is 15.9 Å². The van der Waals surface area contributed by atoms with Crippen LogP contribution in [0, 0.1) is 11.8 Å². The number of hydrogen-bond donors (Lipinski definition) is 3. The van der Waals surface area contributed by atoms with Crippen molar-refractivity contribution in [2.24, 2.45) is 11.8 Å². The third-order valence-corrected chi connectivity index (χ3v) is 5.98. The Morgan fingerprint density at radius 2 is 1.55 bits per heavy atom. The SMILES string of the molecule is COc1ccc(S(=O)(=O)N[C@H](C(=O)Nc2cccc(NC(=O)OCC(C)C)c2)C(C)C)cc1. The fourth-order valence-electron chi connectivity index (χ4n) is 2.77. The molecule has 0 aliphatic carbocycles. The van der Waals surface area contributed by atoms with E-state index in [-0.39, 0.29) is 23.3 Å². The largest absolute Gasteiger partial charge is 0.497 e. The van der Waals surface area contributed by atoms with E-state index in [1.54, 1.807) is 38.1 Å². The van der Waals surface area contributed by atoms with E-state index in [9.17, 15) is 18.0 Å². The van der Waals surface area contributed by atoms with Gasteiger partial charge in [-0.05, 0) is 54.3 Å². The Labute approximate surface area is 194 Å². The van der Waals surface area contributed by atoms with Crippen molar-refractivity contribution in [1.82, 2.24) is 4.72 Å². The maximum Gasteiger partial charge on any atom is 0.411 e. The lowest BCUT2D eigenvalue weighted by Gasteiger charge is -2.22. The monoisotopic (exact) mass is 477 g/mol. The van der Waals surface area contributed by atoms with Crippen LogP contribution in [0.5, 0.6) is 5.75 Å². The van der Waals surface area contributed by atoms with Crippen LogP contribution in [-0.4, -0.2) is 40.2 Å². The summed E-state index contributed by atoms with van der Waals surface area (Å²) in [5, 5.41) is 5.30. The highest BCUT2D eigenvalue weighted by atomic mass is 32.2. The zero-order chi connectivity index (χ0) is 24.6. The van der Waals surface area contributed by atoms with Crippen LogP contribution in [0.3, 0.4) is 0 Å². The molecule has 180 valence electrons. The number of anilines is 2. The van der Waals surface area contributed by atoms with Crippen molar-refractivity contribution in [3.63, 3.8) is 0 Å². The molecule has 0 saturated carbocycles. The summed E-state index contributed by atoms with van der Waals surface area (Å²) < 4.78 is 38.2. The second-order valence-electron chi connectivity index (χ2n) is 8.21. The molecule has 0 aliphatic heterocycles. The summed E-state index contributed by atoms with van der Waals surface area (Å²) in [5.74, 6) is -0.128. The molecule has 10 heteroatoms. The van der Waals surface area contributed by atoms with E-state index in [1.165, 1.54) is 31.4 Å². The molecule has 9 nitrogen and oxygen atoms in total. The summed E-state index contributed by atoms with van der Waals surface area (Å²) in [6.07, 6.45) is -0.598. The van der Waals surface area contributed by atoms with Crippen LogP contribution in [0.1, 0.15) is 27.7 Å². The lowest BCUT2D eigenvalue weighted by molar-refractivity contribution is -0.118. The number of sulfonamides is 1. The summed E-state index contributed by atoms with van der Waals surface area (Å²) in [6.45, 7) is 7.62. The molecule has 0 unspecified atom stereocenters. The zero-order valence-corrected chi connectivity index (χ0v) is 20.2. The molecule has 2 aromatic carbocycles. The first-order valence-electron chi connectivity index (χ1n) is 10.5. The number of methoxy groups -OCH3 is 1. The number of amides is 2. The average Bonchev–Trinajstić information content (AvgIpc) is 2.76. The molecule has 2 amide bonds. The van der Waals surface area contributed by atoms with Crippen molar-refractivity contribution in [1.29, 1.82) is 0 Å². The van der Waals surface area contributed by atoms with Crippen molar-refractivity contribution in [2.75, 3.05) is 24.4 Å². The normalized spacial score (nSPS) is 12.3. The lowest BCUT2D eigenvalue weighted by Crippen LogP contribution is -2.47. The van der Waals surface area contributed by atoms with Gasteiger partial charge in [-0.25, -0.2) is 13.2 Å². The molecule has 0 saturated heterocycles. The molecule has 0 aliphatic rings. The maximum atomic E-state index is 12.9. The third-order valence-electron chi connectivity index (χ3n) is 4.53. The molecule has 3 N–H and O–H groups in total. The van der Waals surface area contributed by atoms with Gasteiger partial charge in [0.15, 0.2) is 0 Å². The van der Waals surface area contributed by atoms with Gasteiger partial charge in [-0.2, -0.15) is 4.72 Å². The minimum Gasteiger partial charge on any atom is -0.497 e. The molecule has 0 fully saturated rings. The molecule has 0 spiro atoms. The lowest BCUT2D eigenvalue weighted by atomic mass is 10.0. The Morgan fingerprint density at radius 3 is 2.09 bits per heavy atom. The van der Waals surface area contributed by atoms with Crippen molar-refractivity contribution in [3.05, 3.63) is 48.5 Å². The topological polar surface area (TPSA) is 123 Å². The van der Waals surface area contributed by atoms with E-state index in [1.807, 2.05) is 13.8 Å². The molecular weight excluding hydrogens is 446 g/mol. The minimum atomic E-state index is -3.94. The van der Waals surface area contributed by atoms with E-state index in [0.29, 0.717) is 17.1 Å². The average molecular weight is 478 g/mol. The van der Waals surface area contributed by atoms with Gasteiger partial charge in [-0.1, -0.05) is 33.8 Å². The molecular formula is C23H31N3O6S. The molecule has 2 aromatic rings. The van der Waals surface area contributed by atoms with Crippen LogP contribution in [0.15, 0.2) is 53.4 Å². The van der Waals surface area contributed by atoms with Crippen LogP contribution < -0.4 is 20.1 Å². The van der Waals surface area contributed by atoms with Crippen molar-refractivity contribution < 1.29 is 27.5 Å². The second kappa shape index (κ2) is 11.7. The van der Waals surface area contributed by atoms with Crippen LogP contribution in [0.4, 0.5) is 16.2 Å². The smallest absolute Gasteiger partial charge is 0.411 e. The number of ether oxygens (including phenoxy) is 2. The Balaban J connectivity index is 2.10. The van der Waals surface area contributed by atoms with E-state index in [0.717, 1.165) is 0 Å². The van der Waals surface area contributed by atoms with Gasteiger partial charge >= 0.3 is 6.09 Å². The molecule has 1 atom stereocenters. The molecule has 33 heavy (non-hydrogen) atoms. The highest BCUT2D eigenvalue weighted by Gasteiger charge is 2.28. The summed E-state index contributed by atoms with van der Waals surface area (Å²) in [5.41, 5.74) is 0.831. The number of nitrogens with one attached hydrogen (secondary N) is 3. The van der Waals surface area contributed by atoms with E-state index in [2.05, 4.69) is 15.4 Å². The van der Waals surface area contributed by atoms with E-state index in [4.69, 9.17) is 9.47 Å². The van der Waals surface area contributed by atoms with Gasteiger partial charge in [-0.15, -0.1) is 0 Å². The third kappa shape index (κ3) is 8.07. The predicted molar refractivity (Wildman–Crippen MR) is 127 cm³/mol. The van der Waals surface area contributed by atoms with Crippen molar-refractivity contribution >= 4 is 33.4 Å². The van der Waals surface area contributed by atoms with Gasteiger partial charge in [0.1, 0.15) is 11.8 Å². The fraction of sp³-hybridized carbons (Fsp3) is 0.391. The summed E-state index contributed by atoms with van der Waals surface area (Å²) >= 11 is 0. The Hall–Kier alpha value is -3.11. The Morgan fingerprint density at radius 1 is 0.939 bits per heavy atom. The Bertz CT molecular complexity index is 1050. The second-order valence-corrected chi connectivity index (χ2v) is 9.92. The first-order valence-corrected chi connectivity index (χ1v) is 12.0. The van der Waals surface area contributed by atoms with Crippen LogP contribution >= 0.6 is 0 Å². The van der Waals surface area contributed by atoms with Gasteiger partial charge in [0, 0.05) is 11.4 Å². The maximum absolute atomic E-state index is 12.9. The summed E-state index contributed by atoms with van der Waals surface area (Å²) in [4.78, 5) is 24.8. The van der Waals surface area contributed by atoms with Gasteiger partial charge in [0.25, 0.3) is 0 Å². The minimum absolute atomic E-state index is 0.0212. The fourth-order valence-corrected chi connectivity index (χ4v) is 4.12. The molecule has 2 rings (SSSR count). The summed E-state index contributed by atoms with van der Waals surface area (Å²) in [7, 11) is -2.46. The molecule has 0 heterocycles. The summed E-state index contributed by atoms with van der Waals surface area (Å²) in [6, 6.07) is 11.4. The molecule has 0 bridgehead atoms. The van der Waals surface area contributed by atoms with Gasteiger partial charge in [-0.3, -0.25) is 10.1 Å². The van der Waals surface area contributed by atoms with Crippen molar-refractivity contribution in [3.8, 4) is 5.75 Å². The first kappa shape index (κ1) is 26.1. The van der Waals surface area contributed by atoms with Crippen LogP contribution in [0.25, 0.3) is 0 Å². The Kier molecular flexibility index (Phi) is 9.24. The highest BCUT2D eigenvalue weighted by molar-refractivity contribution is 7.89. The van der Waals surface area contributed by atoms with Crippen molar-refractivity contribution in [2.45, 2.75) is 38.6 Å². The molecule has 0 radical (unpaired) electrons. The zero-order valence-electron chi connectivity index (χ0n) is 19.4. The number of hydrogen-bond acceptors (Lipinski definition) is 6. The quantitative estimate of drug-likeness (QED) is 0.478. The first-order chi connectivity index (χ1) is 15.5. The highest BCUT2D eigenvalue weighted by Crippen LogP contribution is 2.19. The molecule has 0 aromatic heterocycles. The van der Waals surface area contributed by atoms with Gasteiger partial charge in [0.05, 0.1) is 18.6 Å². The number of carbonyl (C=O) groups excluding carboxylic acids is 2. The van der Waals surface area contributed by atoms with Crippen LogP contribution in [-0.2, 0) is 19.6 Å². The predicted octanol–water partition coefficient (Wildman–Crippen LogP) is 3.84.